The minimum atomic E-state index is -0.395. The number of guanidine groups is 1. The maximum Gasteiger partial charge on any atom is 0.229 e. The number of phenolic OH excluding ortho intramolecular Hbond substituents is 1. The lowest BCUT2D eigenvalue weighted by Crippen LogP contribution is -2.41. The van der Waals surface area contributed by atoms with Crippen LogP contribution < -0.4 is 11.1 Å². The zero-order valence-electron chi connectivity index (χ0n) is 8.90. The van der Waals surface area contributed by atoms with Crippen LogP contribution in [0.5, 0.6) is 5.75 Å². The average molecular weight is 219 g/mol. The van der Waals surface area contributed by atoms with E-state index in [4.69, 9.17) is 5.73 Å². The lowest BCUT2D eigenvalue weighted by atomic mass is 10.00. The molecule has 0 aromatic heterocycles. The smallest absolute Gasteiger partial charge is 0.229 e. The van der Waals surface area contributed by atoms with Gasteiger partial charge in [0.15, 0.2) is 5.96 Å². The number of aryl methyl sites for hydroxylation is 1. The number of hydrogen-bond donors (Lipinski definition) is 3. The van der Waals surface area contributed by atoms with Crippen LogP contribution in [0.4, 0.5) is 0 Å². The molecular formula is C11H13N3O2. The number of aliphatic imine (C=N–C) groups is 1. The quantitative estimate of drug-likeness (QED) is 0.645. The van der Waals surface area contributed by atoms with Gasteiger partial charge in [-0.3, -0.25) is 10.1 Å². The van der Waals surface area contributed by atoms with Gasteiger partial charge in [-0.05, 0) is 13.0 Å². The Balaban J connectivity index is 2.40. The maximum absolute atomic E-state index is 11.3. The Hall–Kier alpha value is -2.04. The number of rotatable bonds is 1. The molecule has 16 heavy (non-hydrogen) atoms. The van der Waals surface area contributed by atoms with Crippen molar-refractivity contribution in [3.63, 3.8) is 0 Å². The van der Waals surface area contributed by atoms with Crippen molar-refractivity contribution in [2.75, 3.05) is 0 Å². The number of benzene rings is 1. The van der Waals surface area contributed by atoms with E-state index in [1.54, 1.807) is 12.1 Å². The highest BCUT2D eigenvalue weighted by Crippen LogP contribution is 2.31. The number of nitrogens with two attached hydrogens (primary N) is 1. The molecule has 1 heterocycles. The Morgan fingerprint density at radius 2 is 2.31 bits per heavy atom. The highest BCUT2D eigenvalue weighted by molar-refractivity contribution is 5.98. The first-order valence-corrected chi connectivity index (χ1v) is 4.99. The van der Waals surface area contributed by atoms with Crippen LogP contribution >= 0.6 is 0 Å². The van der Waals surface area contributed by atoms with E-state index in [0.717, 1.165) is 5.56 Å². The summed E-state index contributed by atoms with van der Waals surface area (Å²) in [6.45, 7) is 1.92. The predicted octanol–water partition coefficient (Wildman–Crippen LogP) is 0.576. The fraction of sp³-hybridized carbons (Fsp3) is 0.273. The Kier molecular flexibility index (Phi) is 2.52. The Morgan fingerprint density at radius 3 is 3.00 bits per heavy atom. The molecule has 84 valence electrons. The molecule has 1 atom stereocenters. The number of carbonyl (C=O) groups is 1. The summed E-state index contributed by atoms with van der Waals surface area (Å²) in [6, 6.07) is 4.82. The summed E-state index contributed by atoms with van der Waals surface area (Å²) >= 11 is 0. The van der Waals surface area contributed by atoms with Crippen molar-refractivity contribution in [2.24, 2.45) is 10.7 Å². The van der Waals surface area contributed by atoms with Crippen molar-refractivity contribution in [2.45, 2.75) is 19.4 Å². The Labute approximate surface area is 93.0 Å². The van der Waals surface area contributed by atoms with Gasteiger partial charge < -0.3 is 10.8 Å². The summed E-state index contributed by atoms with van der Waals surface area (Å²) < 4.78 is 0. The number of phenols is 1. The lowest BCUT2D eigenvalue weighted by Gasteiger charge is -2.20. The fourth-order valence-electron chi connectivity index (χ4n) is 1.74. The van der Waals surface area contributed by atoms with Crippen molar-refractivity contribution in [1.82, 2.24) is 5.32 Å². The van der Waals surface area contributed by atoms with Crippen LogP contribution in [0.2, 0.25) is 0 Å². The van der Waals surface area contributed by atoms with Gasteiger partial charge in [0.25, 0.3) is 0 Å². The van der Waals surface area contributed by atoms with Gasteiger partial charge in [0.2, 0.25) is 5.91 Å². The zero-order chi connectivity index (χ0) is 11.7. The standard InChI is InChI=1S/C11H13N3O2/c1-6-2-3-9(15)7(4-6)8-5-10(16)14-11(12)13-8/h2-4,8,15H,5H2,1H3,(H3,12,13,14,16)/t8-/m0/s1. The van der Waals surface area contributed by atoms with E-state index >= 15 is 0 Å². The highest BCUT2D eigenvalue weighted by atomic mass is 16.3. The third kappa shape index (κ3) is 1.98. The number of hydrogen-bond acceptors (Lipinski definition) is 4. The second kappa shape index (κ2) is 3.84. The zero-order valence-corrected chi connectivity index (χ0v) is 8.90. The molecule has 2 rings (SSSR count). The number of carbonyl (C=O) groups excluding carboxylic acids is 1. The second-order valence-electron chi connectivity index (χ2n) is 3.84. The van der Waals surface area contributed by atoms with Gasteiger partial charge >= 0.3 is 0 Å². The van der Waals surface area contributed by atoms with E-state index in [2.05, 4.69) is 10.3 Å². The Morgan fingerprint density at radius 1 is 1.56 bits per heavy atom. The summed E-state index contributed by atoms with van der Waals surface area (Å²) in [5, 5.41) is 12.1. The number of amides is 1. The monoisotopic (exact) mass is 219 g/mol. The van der Waals surface area contributed by atoms with Crippen LogP contribution in [0.15, 0.2) is 23.2 Å². The molecule has 1 aromatic carbocycles. The van der Waals surface area contributed by atoms with Crippen LogP contribution in [-0.2, 0) is 4.79 Å². The molecule has 5 heteroatoms. The minimum absolute atomic E-state index is 0.0992. The molecule has 0 saturated heterocycles. The van der Waals surface area contributed by atoms with Crippen molar-refractivity contribution >= 4 is 11.9 Å². The highest BCUT2D eigenvalue weighted by Gasteiger charge is 2.23. The molecule has 1 aliphatic rings. The minimum Gasteiger partial charge on any atom is -0.508 e. The SMILES string of the molecule is Cc1ccc(O)c([C@@H]2CC(=O)NC(N)=N2)c1. The molecule has 0 saturated carbocycles. The molecular weight excluding hydrogens is 206 g/mol. The first-order valence-electron chi connectivity index (χ1n) is 4.99. The van der Waals surface area contributed by atoms with Crippen molar-refractivity contribution < 1.29 is 9.90 Å². The van der Waals surface area contributed by atoms with Crippen LogP contribution in [0, 0.1) is 6.92 Å². The summed E-state index contributed by atoms with van der Waals surface area (Å²) in [7, 11) is 0. The molecule has 0 bridgehead atoms. The van der Waals surface area contributed by atoms with Crippen LogP contribution in [0.1, 0.15) is 23.6 Å². The van der Waals surface area contributed by atoms with E-state index in [1.807, 2.05) is 13.0 Å². The number of nitrogens with zero attached hydrogens (tertiary/aromatic N) is 1. The third-order valence-corrected chi connectivity index (χ3v) is 2.48. The molecule has 0 fully saturated rings. The largest absolute Gasteiger partial charge is 0.508 e. The summed E-state index contributed by atoms with van der Waals surface area (Å²) in [4.78, 5) is 15.4. The molecule has 1 aliphatic heterocycles. The van der Waals surface area contributed by atoms with E-state index in [-0.39, 0.29) is 24.0 Å². The Bertz CT molecular complexity index is 468. The summed E-state index contributed by atoms with van der Waals surface area (Å²) in [6.07, 6.45) is 0.206. The molecule has 5 nitrogen and oxygen atoms in total. The van der Waals surface area contributed by atoms with E-state index in [1.165, 1.54) is 0 Å². The molecule has 0 radical (unpaired) electrons. The topological polar surface area (TPSA) is 87.7 Å². The number of nitrogens with one attached hydrogen (secondary N) is 1. The van der Waals surface area contributed by atoms with E-state index in [0.29, 0.717) is 5.56 Å². The fourth-order valence-corrected chi connectivity index (χ4v) is 1.74. The maximum atomic E-state index is 11.3. The first kappa shape index (κ1) is 10.5. The predicted molar refractivity (Wildman–Crippen MR) is 60.0 cm³/mol. The van der Waals surface area contributed by atoms with Crippen LogP contribution in [-0.4, -0.2) is 17.0 Å². The molecule has 0 spiro atoms. The van der Waals surface area contributed by atoms with Gasteiger partial charge in [-0.1, -0.05) is 17.7 Å². The summed E-state index contributed by atoms with van der Waals surface area (Å²) in [5.41, 5.74) is 7.12. The van der Waals surface area contributed by atoms with E-state index < -0.39 is 6.04 Å². The molecule has 0 unspecified atom stereocenters. The van der Waals surface area contributed by atoms with Crippen molar-refractivity contribution in [3.8, 4) is 5.75 Å². The van der Waals surface area contributed by atoms with Gasteiger partial charge in [0, 0.05) is 5.56 Å². The first-order chi connectivity index (χ1) is 7.56. The molecule has 1 aromatic rings. The van der Waals surface area contributed by atoms with Crippen molar-refractivity contribution in [1.29, 1.82) is 0 Å². The van der Waals surface area contributed by atoms with Crippen molar-refractivity contribution in [3.05, 3.63) is 29.3 Å². The summed E-state index contributed by atoms with van der Waals surface area (Å²) in [5.74, 6) is 0.0578. The van der Waals surface area contributed by atoms with Crippen LogP contribution in [0.3, 0.4) is 0 Å². The average Bonchev–Trinajstić information content (AvgIpc) is 2.20. The molecule has 0 aliphatic carbocycles. The molecule has 1 amide bonds. The lowest BCUT2D eigenvalue weighted by molar-refractivity contribution is -0.120. The van der Waals surface area contributed by atoms with Gasteiger partial charge in [-0.2, -0.15) is 0 Å². The van der Waals surface area contributed by atoms with Crippen LogP contribution in [0.25, 0.3) is 0 Å². The third-order valence-electron chi connectivity index (χ3n) is 2.48. The normalized spacial score (nSPS) is 20.2. The van der Waals surface area contributed by atoms with Gasteiger partial charge in [-0.25, -0.2) is 4.99 Å². The second-order valence-corrected chi connectivity index (χ2v) is 3.84. The molecule has 4 N–H and O–H groups in total. The number of aromatic hydroxyl groups is 1. The van der Waals surface area contributed by atoms with Gasteiger partial charge in [0.05, 0.1) is 12.5 Å². The van der Waals surface area contributed by atoms with Gasteiger partial charge in [0.1, 0.15) is 5.75 Å². The van der Waals surface area contributed by atoms with E-state index in [9.17, 15) is 9.90 Å². The van der Waals surface area contributed by atoms with Gasteiger partial charge in [-0.15, -0.1) is 0 Å².